The van der Waals surface area contributed by atoms with Crippen molar-refractivity contribution < 1.29 is 22.7 Å². The Morgan fingerprint density at radius 3 is 2.50 bits per heavy atom. The van der Waals surface area contributed by atoms with Gasteiger partial charge in [-0.3, -0.25) is 0 Å². The van der Waals surface area contributed by atoms with Gasteiger partial charge in [-0.2, -0.15) is 0 Å². The van der Waals surface area contributed by atoms with Gasteiger partial charge in [0.25, 0.3) is 0 Å². The summed E-state index contributed by atoms with van der Waals surface area (Å²) in [6.45, 7) is 5.49. The average molecular weight is 274 g/mol. The summed E-state index contributed by atoms with van der Waals surface area (Å²) in [5.74, 6) is -0.800. The van der Waals surface area contributed by atoms with E-state index in [-0.39, 0.29) is 17.3 Å². The van der Waals surface area contributed by atoms with Gasteiger partial charge < -0.3 is 9.52 Å². The lowest BCUT2D eigenvalue weighted by molar-refractivity contribution is 0.0661. The topological polar surface area (TPSA) is 84.6 Å². The summed E-state index contributed by atoms with van der Waals surface area (Å²) in [5, 5.41) is 8.75. The molecular weight excluding hydrogens is 256 g/mol. The molecule has 6 heteroatoms. The fourth-order valence-corrected chi connectivity index (χ4v) is 3.23. The van der Waals surface area contributed by atoms with Crippen molar-refractivity contribution in [2.24, 2.45) is 5.92 Å². The first-order valence-corrected chi connectivity index (χ1v) is 7.56. The molecule has 0 amide bonds. The van der Waals surface area contributed by atoms with Gasteiger partial charge in [-0.05, 0) is 25.3 Å². The highest BCUT2D eigenvalue weighted by molar-refractivity contribution is 7.90. The van der Waals surface area contributed by atoms with Crippen LogP contribution in [0.5, 0.6) is 0 Å². The molecule has 0 aliphatic rings. The highest BCUT2D eigenvalue weighted by Gasteiger charge is 2.19. The summed E-state index contributed by atoms with van der Waals surface area (Å²) in [4.78, 5) is 10.7. The van der Waals surface area contributed by atoms with Gasteiger partial charge in [0.2, 0.25) is 5.76 Å². The van der Waals surface area contributed by atoms with Crippen molar-refractivity contribution in [3.8, 4) is 0 Å². The lowest BCUT2D eigenvalue weighted by Gasteiger charge is -2.05. The van der Waals surface area contributed by atoms with Gasteiger partial charge >= 0.3 is 5.97 Å². The van der Waals surface area contributed by atoms with Gasteiger partial charge in [-0.15, -0.1) is 0 Å². The molecule has 0 radical (unpaired) electrons. The normalized spacial score (nSPS) is 12.0. The fraction of sp³-hybridized carbons (Fsp3) is 0.583. The largest absolute Gasteiger partial charge is 0.475 e. The number of carboxylic acid groups (broad SMARTS) is 1. The van der Waals surface area contributed by atoms with Crippen LogP contribution in [0.15, 0.2) is 10.5 Å². The van der Waals surface area contributed by atoms with Gasteiger partial charge in [0.05, 0.1) is 11.5 Å². The highest BCUT2D eigenvalue weighted by Crippen LogP contribution is 2.18. The molecule has 0 fully saturated rings. The van der Waals surface area contributed by atoms with Crippen molar-refractivity contribution in [3.63, 3.8) is 0 Å². The zero-order chi connectivity index (χ0) is 13.9. The van der Waals surface area contributed by atoms with Crippen LogP contribution >= 0.6 is 0 Å². The number of aryl methyl sites for hydroxylation is 1. The van der Waals surface area contributed by atoms with E-state index in [9.17, 15) is 13.2 Å². The lowest BCUT2D eigenvalue weighted by Crippen LogP contribution is -2.11. The first-order chi connectivity index (χ1) is 8.21. The van der Waals surface area contributed by atoms with Crippen molar-refractivity contribution in [3.05, 3.63) is 23.2 Å². The fourth-order valence-electron chi connectivity index (χ4n) is 1.49. The van der Waals surface area contributed by atoms with E-state index in [1.54, 1.807) is 6.92 Å². The van der Waals surface area contributed by atoms with Crippen molar-refractivity contribution in [1.29, 1.82) is 0 Å². The number of hydrogen-bond acceptors (Lipinski definition) is 4. The molecule has 5 nitrogen and oxygen atoms in total. The van der Waals surface area contributed by atoms with Crippen molar-refractivity contribution in [2.75, 3.05) is 5.75 Å². The monoisotopic (exact) mass is 274 g/mol. The maximum absolute atomic E-state index is 11.8. The maximum Gasteiger partial charge on any atom is 0.371 e. The van der Waals surface area contributed by atoms with Crippen molar-refractivity contribution in [2.45, 2.75) is 32.9 Å². The number of carboxylic acids is 1. The van der Waals surface area contributed by atoms with Crippen LogP contribution in [0.2, 0.25) is 0 Å². The molecule has 0 saturated heterocycles. The first kappa shape index (κ1) is 14.8. The number of furan rings is 1. The molecule has 1 aromatic rings. The Bertz CT molecular complexity index is 525. The first-order valence-electron chi connectivity index (χ1n) is 5.74. The Balaban J connectivity index is 2.81. The lowest BCUT2D eigenvalue weighted by atomic mass is 10.2. The molecule has 0 unspecified atom stereocenters. The van der Waals surface area contributed by atoms with E-state index in [4.69, 9.17) is 9.52 Å². The molecule has 0 aliphatic carbocycles. The number of carbonyl (C=O) groups is 1. The van der Waals surface area contributed by atoms with E-state index < -0.39 is 15.8 Å². The zero-order valence-electron chi connectivity index (χ0n) is 10.8. The average Bonchev–Trinajstić information content (AvgIpc) is 2.57. The predicted molar refractivity (Wildman–Crippen MR) is 67.4 cm³/mol. The molecular formula is C12H18O5S. The van der Waals surface area contributed by atoms with Crippen LogP contribution in [-0.2, 0) is 15.6 Å². The van der Waals surface area contributed by atoms with Gasteiger partial charge in [0.1, 0.15) is 5.76 Å². The minimum absolute atomic E-state index is 0.109. The van der Waals surface area contributed by atoms with Crippen LogP contribution in [0.4, 0.5) is 0 Å². The summed E-state index contributed by atoms with van der Waals surface area (Å²) in [6, 6.07) is 1.28. The third kappa shape index (κ3) is 4.18. The summed E-state index contributed by atoms with van der Waals surface area (Å²) >= 11 is 0. The Labute approximate surface area is 107 Å². The van der Waals surface area contributed by atoms with Crippen LogP contribution in [0.1, 0.15) is 42.1 Å². The second kappa shape index (κ2) is 5.56. The number of aromatic carboxylic acids is 1. The molecule has 0 aromatic carbocycles. The molecule has 0 spiro atoms. The molecule has 1 rings (SSSR count). The smallest absolute Gasteiger partial charge is 0.371 e. The molecule has 0 bridgehead atoms. The van der Waals surface area contributed by atoms with Gasteiger partial charge in [0.15, 0.2) is 9.84 Å². The second-order valence-electron chi connectivity index (χ2n) is 4.77. The Morgan fingerprint density at radius 1 is 1.44 bits per heavy atom. The van der Waals surface area contributed by atoms with Crippen molar-refractivity contribution >= 4 is 15.8 Å². The molecule has 1 heterocycles. The molecule has 1 aromatic heterocycles. The Kier molecular flexibility index (Phi) is 4.56. The zero-order valence-corrected chi connectivity index (χ0v) is 11.6. The van der Waals surface area contributed by atoms with E-state index in [0.29, 0.717) is 23.7 Å². The van der Waals surface area contributed by atoms with Crippen LogP contribution in [0.3, 0.4) is 0 Å². The van der Waals surface area contributed by atoms with E-state index in [0.717, 1.165) is 0 Å². The minimum Gasteiger partial charge on any atom is -0.475 e. The van der Waals surface area contributed by atoms with Crippen LogP contribution < -0.4 is 0 Å². The summed E-state index contributed by atoms with van der Waals surface area (Å²) < 4.78 is 28.7. The molecule has 1 N–H and O–H groups in total. The van der Waals surface area contributed by atoms with Gasteiger partial charge in [-0.25, -0.2) is 13.2 Å². The van der Waals surface area contributed by atoms with Crippen LogP contribution in [-0.4, -0.2) is 25.2 Å². The maximum atomic E-state index is 11.8. The Morgan fingerprint density at radius 2 is 2.06 bits per heavy atom. The Hall–Kier alpha value is -1.30. The predicted octanol–water partition coefficient (Wildman–Crippen LogP) is 2.25. The standard InChI is InChI=1S/C12H18O5S/c1-8(2)4-5-18(15,16)7-10-6-11(12(13)14)17-9(10)3/h6,8H,4-5,7H2,1-3H3,(H,13,14). The number of sulfone groups is 1. The SMILES string of the molecule is Cc1oc(C(=O)O)cc1CS(=O)(=O)CCC(C)C. The third-order valence-corrected chi connectivity index (χ3v) is 4.22. The van der Waals surface area contributed by atoms with Crippen LogP contribution in [0, 0.1) is 12.8 Å². The van der Waals surface area contributed by atoms with E-state index in [1.165, 1.54) is 6.07 Å². The van der Waals surface area contributed by atoms with Gasteiger partial charge in [-0.1, -0.05) is 13.8 Å². The number of hydrogen-bond donors (Lipinski definition) is 1. The quantitative estimate of drug-likeness (QED) is 0.860. The summed E-state index contributed by atoms with van der Waals surface area (Å²) in [5.41, 5.74) is 0.427. The molecule has 102 valence electrons. The minimum atomic E-state index is -3.22. The third-order valence-electron chi connectivity index (χ3n) is 2.61. The van der Waals surface area contributed by atoms with E-state index in [1.807, 2.05) is 13.8 Å². The van der Waals surface area contributed by atoms with Crippen molar-refractivity contribution in [1.82, 2.24) is 0 Å². The molecule has 0 saturated carbocycles. The molecule has 0 aliphatic heterocycles. The van der Waals surface area contributed by atoms with Gasteiger partial charge in [0, 0.05) is 5.56 Å². The molecule has 0 atom stereocenters. The second-order valence-corrected chi connectivity index (χ2v) is 6.96. The van der Waals surface area contributed by atoms with E-state index >= 15 is 0 Å². The molecule has 18 heavy (non-hydrogen) atoms. The van der Waals surface area contributed by atoms with E-state index in [2.05, 4.69) is 0 Å². The number of rotatable bonds is 6. The summed E-state index contributed by atoms with van der Waals surface area (Å²) in [7, 11) is -3.22. The summed E-state index contributed by atoms with van der Waals surface area (Å²) in [6.07, 6.45) is 0.602. The van der Waals surface area contributed by atoms with Crippen LogP contribution in [0.25, 0.3) is 0 Å². The highest BCUT2D eigenvalue weighted by atomic mass is 32.2.